The van der Waals surface area contributed by atoms with Crippen LogP contribution in [-0.2, 0) is 27.2 Å². The number of nitrogens with two attached hydrogens (primary N) is 1. The average molecular weight is 349 g/mol. The second kappa shape index (κ2) is 7.65. The molecule has 0 saturated carbocycles. The van der Waals surface area contributed by atoms with Crippen LogP contribution in [0, 0.1) is 0 Å². The number of ether oxygens (including phenoxy) is 1. The van der Waals surface area contributed by atoms with E-state index in [9.17, 15) is 9.59 Å². The molecule has 0 aliphatic carbocycles. The third kappa shape index (κ3) is 4.16. The molecule has 1 heterocycles. The number of rotatable bonds is 5. The number of hydrogen-bond acceptors (Lipinski definition) is 5. The fourth-order valence-corrected chi connectivity index (χ4v) is 2.62. The highest BCUT2D eigenvalue weighted by Crippen LogP contribution is 2.19. The minimum absolute atomic E-state index is 0.147. The predicted molar refractivity (Wildman–Crippen MR) is 101 cm³/mol. The Balaban J connectivity index is 1.65. The van der Waals surface area contributed by atoms with Crippen LogP contribution in [0.15, 0.2) is 54.6 Å². The van der Waals surface area contributed by atoms with E-state index < -0.39 is 0 Å². The van der Waals surface area contributed by atoms with Gasteiger partial charge in [-0.15, -0.1) is 0 Å². The molecule has 0 saturated heterocycles. The summed E-state index contributed by atoms with van der Waals surface area (Å²) in [6.07, 6.45) is 0.349. The van der Waals surface area contributed by atoms with Crippen LogP contribution in [0.3, 0.4) is 0 Å². The van der Waals surface area contributed by atoms with Crippen molar-refractivity contribution < 1.29 is 14.3 Å². The van der Waals surface area contributed by atoms with Crippen LogP contribution in [0.1, 0.15) is 11.3 Å². The van der Waals surface area contributed by atoms with Crippen molar-refractivity contribution in [2.24, 2.45) is 0 Å². The zero-order valence-corrected chi connectivity index (χ0v) is 14.4. The number of nitrogens with one attached hydrogen (secondary N) is 1. The third-order valence-electron chi connectivity index (χ3n) is 3.96. The summed E-state index contributed by atoms with van der Waals surface area (Å²) in [5, 5.41) is 3.76. The van der Waals surface area contributed by atoms with Gasteiger partial charge >= 0.3 is 5.97 Å². The first kappa shape index (κ1) is 17.4. The van der Waals surface area contributed by atoms with Gasteiger partial charge in [-0.3, -0.25) is 14.6 Å². The van der Waals surface area contributed by atoms with E-state index in [-0.39, 0.29) is 24.7 Å². The van der Waals surface area contributed by atoms with Gasteiger partial charge in [0.15, 0.2) is 0 Å². The first-order valence-electron chi connectivity index (χ1n) is 8.15. The zero-order chi connectivity index (χ0) is 18.5. The molecule has 3 N–H and O–H groups in total. The predicted octanol–water partition coefficient (Wildman–Crippen LogP) is 2.71. The van der Waals surface area contributed by atoms with Gasteiger partial charge in [0.25, 0.3) is 0 Å². The molecule has 0 bridgehead atoms. The second-order valence-corrected chi connectivity index (χ2v) is 5.90. The molecule has 132 valence electrons. The molecule has 0 radical (unpaired) electrons. The molecule has 0 aliphatic rings. The molecular weight excluding hydrogens is 330 g/mol. The Kier molecular flexibility index (Phi) is 5.12. The molecular formula is C20H19N3O3. The topological polar surface area (TPSA) is 94.3 Å². The fourth-order valence-electron chi connectivity index (χ4n) is 2.62. The number of benzene rings is 2. The number of methoxy groups -OCH3 is 1. The molecule has 3 rings (SSSR count). The van der Waals surface area contributed by atoms with Gasteiger partial charge in [0, 0.05) is 11.1 Å². The van der Waals surface area contributed by atoms with Gasteiger partial charge in [0.2, 0.25) is 5.91 Å². The number of esters is 1. The lowest BCUT2D eigenvalue weighted by atomic mass is 10.1. The second-order valence-electron chi connectivity index (χ2n) is 5.90. The monoisotopic (exact) mass is 349 g/mol. The average Bonchev–Trinajstić information content (AvgIpc) is 2.64. The molecule has 0 fully saturated rings. The quantitative estimate of drug-likeness (QED) is 0.545. The molecule has 1 amide bonds. The van der Waals surface area contributed by atoms with Crippen LogP contribution in [0.4, 0.5) is 11.4 Å². The van der Waals surface area contributed by atoms with Crippen LogP contribution in [0.5, 0.6) is 0 Å². The number of amides is 1. The van der Waals surface area contributed by atoms with Gasteiger partial charge in [-0.25, -0.2) is 0 Å². The number of para-hydroxylation sites is 1. The molecule has 6 nitrogen and oxygen atoms in total. The molecule has 0 atom stereocenters. The van der Waals surface area contributed by atoms with Crippen LogP contribution in [-0.4, -0.2) is 24.0 Å². The number of pyridine rings is 1. The van der Waals surface area contributed by atoms with Crippen molar-refractivity contribution in [1.29, 1.82) is 0 Å². The highest BCUT2D eigenvalue weighted by Gasteiger charge is 2.08. The molecule has 26 heavy (non-hydrogen) atoms. The highest BCUT2D eigenvalue weighted by molar-refractivity contribution is 5.93. The summed E-state index contributed by atoms with van der Waals surface area (Å²) in [5.74, 6) is -0.476. The Morgan fingerprint density at radius 2 is 1.81 bits per heavy atom. The number of carbonyl (C=O) groups is 2. The first-order valence-corrected chi connectivity index (χ1v) is 8.15. The number of aromatic nitrogens is 1. The van der Waals surface area contributed by atoms with Crippen molar-refractivity contribution >= 4 is 34.2 Å². The first-order chi connectivity index (χ1) is 12.5. The minimum Gasteiger partial charge on any atom is -0.469 e. The lowest BCUT2D eigenvalue weighted by Gasteiger charge is -2.07. The van der Waals surface area contributed by atoms with E-state index >= 15 is 0 Å². The van der Waals surface area contributed by atoms with Crippen molar-refractivity contribution in [2.45, 2.75) is 12.8 Å². The highest BCUT2D eigenvalue weighted by atomic mass is 16.5. The molecule has 6 heteroatoms. The van der Waals surface area contributed by atoms with E-state index in [4.69, 9.17) is 5.73 Å². The van der Waals surface area contributed by atoms with Gasteiger partial charge in [-0.2, -0.15) is 0 Å². The normalized spacial score (nSPS) is 10.5. The van der Waals surface area contributed by atoms with Crippen molar-refractivity contribution in [3.63, 3.8) is 0 Å². The molecule has 2 aromatic carbocycles. The van der Waals surface area contributed by atoms with Crippen LogP contribution in [0.25, 0.3) is 10.9 Å². The third-order valence-corrected chi connectivity index (χ3v) is 3.96. The van der Waals surface area contributed by atoms with Gasteiger partial charge in [-0.05, 0) is 29.8 Å². The Morgan fingerprint density at radius 1 is 1.04 bits per heavy atom. The molecule has 0 spiro atoms. The summed E-state index contributed by atoms with van der Waals surface area (Å²) in [6, 6.07) is 16.4. The van der Waals surface area contributed by atoms with Crippen LogP contribution >= 0.6 is 0 Å². The SMILES string of the molecule is COC(=O)Cc1ccc(NC(=O)Cc2ccc3cccc(N)c3n2)cc1. The number of nitrogens with zero attached hydrogens (tertiary/aromatic N) is 1. The van der Waals surface area contributed by atoms with Gasteiger partial charge in [-0.1, -0.05) is 30.3 Å². The largest absolute Gasteiger partial charge is 0.469 e. The molecule has 0 unspecified atom stereocenters. The van der Waals surface area contributed by atoms with Gasteiger partial charge in [0.05, 0.1) is 36.8 Å². The maximum absolute atomic E-state index is 12.3. The Morgan fingerprint density at radius 3 is 2.54 bits per heavy atom. The van der Waals surface area contributed by atoms with Gasteiger partial charge < -0.3 is 15.8 Å². The number of nitrogen functional groups attached to an aromatic ring is 1. The standard InChI is InChI=1S/C20H19N3O3/c1-26-19(25)11-13-5-8-15(9-6-13)22-18(24)12-16-10-7-14-3-2-4-17(21)20(14)23-16/h2-10H,11-12,21H2,1H3,(H,22,24). The van der Waals surface area contributed by atoms with E-state index in [2.05, 4.69) is 15.0 Å². The Labute approximate surface area is 151 Å². The number of fused-ring (bicyclic) bond motifs is 1. The van der Waals surface area contributed by atoms with Crippen molar-refractivity contribution in [1.82, 2.24) is 4.98 Å². The smallest absolute Gasteiger partial charge is 0.309 e. The lowest BCUT2D eigenvalue weighted by molar-refractivity contribution is -0.139. The lowest BCUT2D eigenvalue weighted by Crippen LogP contribution is -2.15. The Bertz CT molecular complexity index is 952. The van der Waals surface area contributed by atoms with Crippen LogP contribution in [0.2, 0.25) is 0 Å². The molecule has 1 aromatic heterocycles. The van der Waals surface area contributed by atoms with E-state index in [1.807, 2.05) is 24.3 Å². The maximum Gasteiger partial charge on any atom is 0.309 e. The van der Waals surface area contributed by atoms with E-state index in [0.29, 0.717) is 22.6 Å². The molecule has 3 aromatic rings. The number of hydrogen-bond donors (Lipinski definition) is 2. The van der Waals surface area contributed by atoms with E-state index in [1.54, 1.807) is 30.3 Å². The summed E-state index contributed by atoms with van der Waals surface area (Å²) < 4.78 is 4.63. The Hall–Kier alpha value is -3.41. The summed E-state index contributed by atoms with van der Waals surface area (Å²) >= 11 is 0. The number of anilines is 2. The number of carbonyl (C=O) groups excluding carboxylic acids is 2. The van der Waals surface area contributed by atoms with Crippen LogP contribution < -0.4 is 11.1 Å². The minimum atomic E-state index is -0.302. The van der Waals surface area contributed by atoms with E-state index in [1.165, 1.54) is 7.11 Å². The zero-order valence-electron chi connectivity index (χ0n) is 14.4. The molecule has 0 aliphatic heterocycles. The summed E-state index contributed by atoms with van der Waals surface area (Å²) in [7, 11) is 1.35. The van der Waals surface area contributed by atoms with Crippen molar-refractivity contribution in [3.8, 4) is 0 Å². The summed E-state index contributed by atoms with van der Waals surface area (Å²) in [6.45, 7) is 0. The fraction of sp³-hybridized carbons (Fsp3) is 0.150. The van der Waals surface area contributed by atoms with Gasteiger partial charge in [0.1, 0.15) is 0 Å². The van der Waals surface area contributed by atoms with E-state index in [0.717, 1.165) is 10.9 Å². The summed E-state index contributed by atoms with van der Waals surface area (Å²) in [4.78, 5) is 28.0. The maximum atomic E-state index is 12.3. The van der Waals surface area contributed by atoms with Crippen molar-refractivity contribution in [2.75, 3.05) is 18.2 Å². The summed E-state index contributed by atoms with van der Waals surface area (Å²) in [5.41, 5.74) is 9.36. The van der Waals surface area contributed by atoms with Crippen molar-refractivity contribution in [3.05, 3.63) is 65.9 Å².